The third kappa shape index (κ3) is 3.64. The van der Waals surface area contributed by atoms with Crippen LogP contribution in [0, 0.1) is 13.8 Å². The minimum absolute atomic E-state index is 0.228. The second-order valence-corrected chi connectivity index (χ2v) is 7.54. The zero-order valence-electron chi connectivity index (χ0n) is 13.1. The van der Waals surface area contributed by atoms with E-state index in [2.05, 4.69) is 10.5 Å². The largest absolute Gasteiger partial charge is 0.360 e. The maximum Gasteiger partial charge on any atom is 0.248 e. The summed E-state index contributed by atoms with van der Waals surface area (Å²) in [5, 5.41) is 7.18. The Bertz CT molecular complexity index is 543. The van der Waals surface area contributed by atoms with Gasteiger partial charge in [-0.3, -0.25) is 0 Å². The van der Waals surface area contributed by atoms with E-state index in [1.165, 1.54) is 6.42 Å². The second kappa shape index (κ2) is 6.89. The first kappa shape index (κ1) is 16.5. The first-order valence-corrected chi connectivity index (χ1v) is 9.07. The summed E-state index contributed by atoms with van der Waals surface area (Å²) < 4.78 is 32.4. The molecule has 0 amide bonds. The van der Waals surface area contributed by atoms with Crippen molar-refractivity contribution in [3.63, 3.8) is 0 Å². The average molecular weight is 315 g/mol. The van der Waals surface area contributed by atoms with Gasteiger partial charge >= 0.3 is 0 Å². The summed E-state index contributed by atoms with van der Waals surface area (Å²) in [5.74, 6) is 0.366. The van der Waals surface area contributed by atoms with Gasteiger partial charge in [0.2, 0.25) is 10.0 Å². The lowest BCUT2D eigenvalue weighted by molar-refractivity contribution is 0.312. The molecule has 0 spiro atoms. The van der Waals surface area contributed by atoms with E-state index >= 15 is 0 Å². The minimum atomic E-state index is -3.54. The van der Waals surface area contributed by atoms with Gasteiger partial charge in [-0.1, -0.05) is 18.5 Å². The number of sulfonamides is 1. The third-order valence-corrected chi connectivity index (χ3v) is 5.99. The third-order valence-electron chi connectivity index (χ3n) is 3.88. The van der Waals surface area contributed by atoms with E-state index < -0.39 is 10.0 Å². The summed E-state index contributed by atoms with van der Waals surface area (Å²) >= 11 is 0. The number of hydrogen-bond donors (Lipinski definition) is 1. The van der Waals surface area contributed by atoms with Crippen LogP contribution in [0.5, 0.6) is 0 Å². The molecule has 1 aromatic heterocycles. The van der Waals surface area contributed by atoms with Gasteiger partial charge in [-0.2, -0.15) is 4.31 Å². The van der Waals surface area contributed by atoms with Gasteiger partial charge in [-0.05, 0) is 39.7 Å². The van der Waals surface area contributed by atoms with Crippen molar-refractivity contribution in [3.05, 3.63) is 11.5 Å². The van der Waals surface area contributed by atoms with Crippen molar-refractivity contribution in [2.75, 3.05) is 19.6 Å². The van der Waals surface area contributed by atoms with Crippen LogP contribution in [0.15, 0.2) is 9.42 Å². The standard InChI is InChI=1S/C14H25N3O3S/c1-4-9-17(10-13-7-5-6-8-15-13)21(18,19)14-11(2)16-20-12(14)3/h13,15H,4-10H2,1-3H3. The van der Waals surface area contributed by atoms with Crippen molar-refractivity contribution in [3.8, 4) is 0 Å². The molecule has 0 bridgehead atoms. The van der Waals surface area contributed by atoms with Crippen LogP contribution in [-0.4, -0.2) is 43.6 Å². The topological polar surface area (TPSA) is 75.4 Å². The fourth-order valence-electron chi connectivity index (χ4n) is 2.86. The molecule has 1 N–H and O–H groups in total. The normalized spacial score (nSPS) is 20.1. The van der Waals surface area contributed by atoms with Crippen LogP contribution in [-0.2, 0) is 10.0 Å². The molecule has 1 saturated heterocycles. The molecule has 0 aromatic carbocycles. The Labute approximate surface area is 126 Å². The van der Waals surface area contributed by atoms with Crippen LogP contribution in [0.4, 0.5) is 0 Å². The van der Waals surface area contributed by atoms with Crippen LogP contribution < -0.4 is 5.32 Å². The van der Waals surface area contributed by atoms with Crippen LogP contribution in [0.3, 0.4) is 0 Å². The van der Waals surface area contributed by atoms with Crippen LogP contribution in [0.25, 0.3) is 0 Å². The summed E-state index contributed by atoms with van der Waals surface area (Å²) in [5.41, 5.74) is 0.435. The highest BCUT2D eigenvalue weighted by molar-refractivity contribution is 7.89. The summed E-state index contributed by atoms with van der Waals surface area (Å²) in [6, 6.07) is 0.237. The summed E-state index contributed by atoms with van der Waals surface area (Å²) in [6.07, 6.45) is 4.14. The van der Waals surface area contributed by atoms with Gasteiger partial charge in [0.05, 0.1) is 0 Å². The number of aryl methyl sites for hydroxylation is 2. The van der Waals surface area contributed by atoms with E-state index in [4.69, 9.17) is 4.52 Å². The van der Waals surface area contributed by atoms with Crippen molar-refractivity contribution in [2.45, 2.75) is 57.4 Å². The van der Waals surface area contributed by atoms with Crippen LogP contribution >= 0.6 is 0 Å². The van der Waals surface area contributed by atoms with Crippen LogP contribution in [0.1, 0.15) is 44.1 Å². The van der Waals surface area contributed by atoms with Crippen molar-refractivity contribution >= 4 is 10.0 Å². The Balaban J connectivity index is 2.23. The summed E-state index contributed by atoms with van der Waals surface area (Å²) in [4.78, 5) is 0.228. The average Bonchev–Trinajstić information content (AvgIpc) is 2.79. The van der Waals surface area contributed by atoms with Gasteiger partial charge in [0.1, 0.15) is 10.6 Å². The highest BCUT2D eigenvalue weighted by Crippen LogP contribution is 2.24. The van der Waals surface area contributed by atoms with E-state index in [0.29, 0.717) is 24.5 Å². The summed E-state index contributed by atoms with van der Waals surface area (Å²) in [7, 11) is -3.54. The van der Waals surface area contributed by atoms with E-state index in [9.17, 15) is 8.42 Å². The lowest BCUT2D eigenvalue weighted by Gasteiger charge is -2.29. The Morgan fingerprint density at radius 2 is 2.14 bits per heavy atom. The number of aromatic nitrogens is 1. The predicted octanol–water partition coefficient (Wildman–Crippen LogP) is 1.83. The molecule has 21 heavy (non-hydrogen) atoms. The smallest absolute Gasteiger partial charge is 0.248 e. The van der Waals surface area contributed by atoms with Gasteiger partial charge in [-0.15, -0.1) is 0 Å². The molecule has 0 saturated carbocycles. The molecular formula is C14H25N3O3S. The lowest BCUT2D eigenvalue weighted by Crippen LogP contribution is -2.46. The molecule has 120 valence electrons. The van der Waals surface area contributed by atoms with Crippen LogP contribution in [0.2, 0.25) is 0 Å². The molecule has 2 rings (SSSR count). The van der Waals surface area contributed by atoms with Crippen molar-refractivity contribution in [2.24, 2.45) is 0 Å². The number of rotatable bonds is 6. The van der Waals surface area contributed by atoms with Gasteiger partial charge in [0.25, 0.3) is 0 Å². The summed E-state index contributed by atoms with van der Waals surface area (Å²) in [6.45, 7) is 7.31. The lowest BCUT2D eigenvalue weighted by atomic mass is 10.1. The van der Waals surface area contributed by atoms with E-state index in [0.717, 1.165) is 25.8 Å². The fraction of sp³-hybridized carbons (Fsp3) is 0.786. The number of hydrogen-bond acceptors (Lipinski definition) is 5. The molecule has 0 aliphatic carbocycles. The highest BCUT2D eigenvalue weighted by atomic mass is 32.2. The first-order valence-electron chi connectivity index (χ1n) is 7.63. The van der Waals surface area contributed by atoms with E-state index in [1.54, 1.807) is 18.2 Å². The monoisotopic (exact) mass is 315 g/mol. The predicted molar refractivity (Wildman–Crippen MR) is 80.7 cm³/mol. The Hall–Kier alpha value is -0.920. The molecule has 0 radical (unpaired) electrons. The van der Waals surface area contributed by atoms with Crippen molar-refractivity contribution < 1.29 is 12.9 Å². The van der Waals surface area contributed by atoms with Gasteiger partial charge < -0.3 is 9.84 Å². The molecule has 6 nitrogen and oxygen atoms in total. The zero-order valence-corrected chi connectivity index (χ0v) is 13.9. The van der Waals surface area contributed by atoms with Gasteiger partial charge in [0.15, 0.2) is 5.76 Å². The number of piperidine rings is 1. The molecule has 1 atom stereocenters. The molecule has 1 fully saturated rings. The zero-order chi connectivity index (χ0) is 15.5. The molecule has 1 aromatic rings. The maximum atomic E-state index is 12.9. The quantitative estimate of drug-likeness (QED) is 0.867. The first-order chi connectivity index (χ1) is 9.96. The SMILES string of the molecule is CCCN(CC1CCCCN1)S(=O)(=O)c1c(C)noc1C. The minimum Gasteiger partial charge on any atom is -0.360 e. The van der Waals surface area contributed by atoms with E-state index in [-0.39, 0.29) is 10.9 Å². The van der Waals surface area contributed by atoms with E-state index in [1.807, 2.05) is 6.92 Å². The Morgan fingerprint density at radius 1 is 1.38 bits per heavy atom. The maximum absolute atomic E-state index is 12.9. The van der Waals surface area contributed by atoms with Crippen molar-refractivity contribution in [1.82, 2.24) is 14.8 Å². The molecule has 1 unspecified atom stereocenters. The molecular weight excluding hydrogens is 290 g/mol. The fourth-order valence-corrected chi connectivity index (χ4v) is 4.73. The highest BCUT2D eigenvalue weighted by Gasteiger charge is 2.32. The number of nitrogens with zero attached hydrogens (tertiary/aromatic N) is 2. The number of nitrogens with one attached hydrogen (secondary N) is 1. The van der Waals surface area contributed by atoms with Gasteiger partial charge in [0, 0.05) is 19.1 Å². The van der Waals surface area contributed by atoms with Gasteiger partial charge in [-0.25, -0.2) is 8.42 Å². The van der Waals surface area contributed by atoms with Crippen molar-refractivity contribution in [1.29, 1.82) is 0 Å². The Morgan fingerprint density at radius 3 is 2.67 bits per heavy atom. The molecule has 1 aliphatic heterocycles. The molecule has 1 aliphatic rings. The molecule has 2 heterocycles. The second-order valence-electron chi connectivity index (χ2n) is 5.66. The molecule has 7 heteroatoms. The Kier molecular flexibility index (Phi) is 5.40.